The Kier molecular flexibility index (Phi) is 4.28. The van der Waals surface area contributed by atoms with Crippen LogP contribution in [0.25, 0.3) is 0 Å². The molecule has 2 aliphatic carbocycles. The number of nitrogens with zero attached hydrogens (tertiary/aromatic N) is 1. The molecule has 0 aromatic heterocycles. The molecule has 6 heteroatoms. The summed E-state index contributed by atoms with van der Waals surface area (Å²) in [5.41, 5.74) is 1.35. The van der Waals surface area contributed by atoms with Crippen LogP contribution in [0.4, 0.5) is 0 Å². The minimum absolute atomic E-state index is 0.799. The number of hydrogen-bond acceptors (Lipinski definition) is 4. The van der Waals surface area contributed by atoms with E-state index in [2.05, 4.69) is 5.16 Å². The Labute approximate surface area is 92.9 Å². The van der Waals surface area contributed by atoms with E-state index < -0.39 is 11.9 Å². The summed E-state index contributed by atoms with van der Waals surface area (Å²) >= 11 is 0. The molecule has 2 fully saturated rings. The monoisotopic (exact) mass is 229 g/mol. The Morgan fingerprint density at radius 1 is 1.06 bits per heavy atom. The predicted molar refractivity (Wildman–Crippen MR) is 55.2 cm³/mol. The van der Waals surface area contributed by atoms with Crippen molar-refractivity contribution in [3.05, 3.63) is 0 Å². The molecule has 0 amide bonds. The first-order chi connectivity index (χ1) is 7.56. The van der Waals surface area contributed by atoms with Gasteiger partial charge in [0.25, 0.3) is 0 Å². The van der Waals surface area contributed by atoms with Crippen LogP contribution < -0.4 is 0 Å². The molecule has 0 unspecified atom stereocenters. The molecule has 0 atom stereocenters. The Balaban J connectivity index is 0.000000187. The summed E-state index contributed by atoms with van der Waals surface area (Å²) in [5.74, 6) is -2.05. The van der Waals surface area contributed by atoms with Crippen molar-refractivity contribution in [1.82, 2.24) is 0 Å². The van der Waals surface area contributed by atoms with E-state index in [1.165, 1.54) is 31.4 Å². The van der Waals surface area contributed by atoms with Crippen molar-refractivity contribution in [3.63, 3.8) is 0 Å². The van der Waals surface area contributed by atoms with Gasteiger partial charge in [0, 0.05) is 11.8 Å². The zero-order chi connectivity index (χ0) is 12.1. The zero-order valence-corrected chi connectivity index (χ0v) is 9.05. The summed E-state index contributed by atoms with van der Waals surface area (Å²) in [5, 5.41) is 18.8. The normalized spacial score (nSPS) is 17.8. The lowest BCUT2D eigenvalue weighted by atomic mass is 10.2. The van der Waals surface area contributed by atoms with Gasteiger partial charge in [0.1, 0.15) is 7.11 Å². The SMILES string of the molecule is CON=C(C1CC1)C1CC1.O=C(O)C(=O)O. The van der Waals surface area contributed by atoms with E-state index in [-0.39, 0.29) is 0 Å². The van der Waals surface area contributed by atoms with Gasteiger partial charge >= 0.3 is 11.9 Å². The van der Waals surface area contributed by atoms with E-state index in [1.807, 2.05) is 0 Å². The van der Waals surface area contributed by atoms with Crippen molar-refractivity contribution >= 4 is 17.7 Å². The number of aliphatic carboxylic acids is 2. The highest BCUT2D eigenvalue weighted by Crippen LogP contribution is 2.42. The van der Waals surface area contributed by atoms with Gasteiger partial charge in [0.05, 0.1) is 5.71 Å². The second kappa shape index (κ2) is 5.48. The third kappa shape index (κ3) is 4.29. The average molecular weight is 229 g/mol. The van der Waals surface area contributed by atoms with Crippen LogP contribution in [0.2, 0.25) is 0 Å². The van der Waals surface area contributed by atoms with Gasteiger partial charge in [-0.15, -0.1) is 0 Å². The highest BCUT2D eigenvalue weighted by molar-refractivity contribution is 6.27. The van der Waals surface area contributed by atoms with Gasteiger partial charge in [-0.05, 0) is 25.7 Å². The smallest absolute Gasteiger partial charge is 0.414 e. The van der Waals surface area contributed by atoms with Crippen molar-refractivity contribution in [2.45, 2.75) is 25.7 Å². The predicted octanol–water partition coefficient (Wildman–Crippen LogP) is 0.964. The first-order valence-electron chi connectivity index (χ1n) is 5.13. The Morgan fingerprint density at radius 3 is 1.62 bits per heavy atom. The number of oxime groups is 1. The lowest BCUT2D eigenvalue weighted by molar-refractivity contribution is -0.159. The Hall–Kier alpha value is -1.59. The lowest BCUT2D eigenvalue weighted by Crippen LogP contribution is -2.09. The van der Waals surface area contributed by atoms with Crippen molar-refractivity contribution in [3.8, 4) is 0 Å². The number of hydrogen-bond donors (Lipinski definition) is 2. The van der Waals surface area contributed by atoms with Crippen molar-refractivity contribution in [2.75, 3.05) is 7.11 Å². The molecule has 0 heterocycles. The number of carboxylic acids is 2. The van der Waals surface area contributed by atoms with E-state index in [1.54, 1.807) is 7.11 Å². The summed E-state index contributed by atoms with van der Waals surface area (Å²) in [6.45, 7) is 0. The summed E-state index contributed by atoms with van der Waals surface area (Å²) < 4.78 is 0. The van der Waals surface area contributed by atoms with Crippen LogP contribution in [-0.4, -0.2) is 35.0 Å². The van der Waals surface area contributed by atoms with Gasteiger partial charge in [-0.1, -0.05) is 5.16 Å². The van der Waals surface area contributed by atoms with Gasteiger partial charge in [0.2, 0.25) is 0 Å². The molecule has 16 heavy (non-hydrogen) atoms. The molecule has 6 nitrogen and oxygen atoms in total. The van der Waals surface area contributed by atoms with Crippen LogP contribution in [0.5, 0.6) is 0 Å². The molecule has 0 aromatic carbocycles. The molecule has 2 saturated carbocycles. The van der Waals surface area contributed by atoms with E-state index in [4.69, 9.17) is 24.6 Å². The highest BCUT2D eigenvalue weighted by atomic mass is 16.6. The first-order valence-corrected chi connectivity index (χ1v) is 5.13. The standard InChI is InChI=1S/C8H13NO.C2H2O4/c1-10-9-8(6-2-3-6)7-4-5-7;3-1(4)2(5)6/h6-7H,2-5H2,1H3;(H,3,4)(H,5,6). The van der Waals surface area contributed by atoms with Gasteiger partial charge < -0.3 is 15.1 Å². The van der Waals surface area contributed by atoms with Gasteiger partial charge in [-0.2, -0.15) is 0 Å². The topological polar surface area (TPSA) is 96.2 Å². The fourth-order valence-electron chi connectivity index (χ4n) is 1.35. The van der Waals surface area contributed by atoms with Gasteiger partial charge in [0.15, 0.2) is 0 Å². The van der Waals surface area contributed by atoms with Crippen LogP contribution in [0.1, 0.15) is 25.7 Å². The van der Waals surface area contributed by atoms with Crippen LogP contribution in [0, 0.1) is 11.8 Å². The van der Waals surface area contributed by atoms with Crippen molar-refractivity contribution < 1.29 is 24.6 Å². The van der Waals surface area contributed by atoms with Crippen LogP contribution in [0.3, 0.4) is 0 Å². The maximum absolute atomic E-state index is 9.10. The molecule has 90 valence electrons. The quantitative estimate of drug-likeness (QED) is 0.427. The van der Waals surface area contributed by atoms with Crippen LogP contribution in [-0.2, 0) is 14.4 Å². The third-order valence-corrected chi connectivity index (χ3v) is 2.37. The number of rotatable bonds is 3. The largest absolute Gasteiger partial charge is 0.473 e. The van der Waals surface area contributed by atoms with E-state index in [9.17, 15) is 0 Å². The van der Waals surface area contributed by atoms with Crippen molar-refractivity contribution in [1.29, 1.82) is 0 Å². The zero-order valence-electron chi connectivity index (χ0n) is 9.05. The summed E-state index contributed by atoms with van der Waals surface area (Å²) in [7, 11) is 1.64. The molecule has 0 aliphatic heterocycles. The Bertz CT molecular complexity index is 278. The first kappa shape index (κ1) is 12.5. The molecule has 2 rings (SSSR count). The Morgan fingerprint density at radius 2 is 1.44 bits per heavy atom. The molecule has 0 aromatic rings. The second-order valence-corrected chi connectivity index (χ2v) is 3.86. The molecule has 0 bridgehead atoms. The minimum Gasteiger partial charge on any atom is -0.473 e. The fraction of sp³-hybridized carbons (Fsp3) is 0.700. The molecule has 0 radical (unpaired) electrons. The summed E-state index contributed by atoms with van der Waals surface area (Å²) in [4.78, 5) is 23.0. The van der Waals surface area contributed by atoms with Gasteiger partial charge in [-0.25, -0.2) is 9.59 Å². The van der Waals surface area contributed by atoms with E-state index in [0.717, 1.165) is 11.8 Å². The number of carbonyl (C=O) groups is 2. The summed E-state index contributed by atoms with van der Waals surface area (Å²) in [6.07, 6.45) is 5.38. The van der Waals surface area contributed by atoms with E-state index >= 15 is 0 Å². The fourth-order valence-corrected chi connectivity index (χ4v) is 1.35. The lowest BCUT2D eigenvalue weighted by Gasteiger charge is -1.98. The van der Waals surface area contributed by atoms with Crippen LogP contribution >= 0.6 is 0 Å². The average Bonchev–Trinajstić information content (AvgIpc) is 3.07. The molecule has 0 saturated heterocycles. The molecule has 2 aliphatic rings. The highest BCUT2D eigenvalue weighted by Gasteiger charge is 2.38. The molecular formula is C10H15NO5. The van der Waals surface area contributed by atoms with Crippen LogP contribution in [0.15, 0.2) is 5.16 Å². The maximum atomic E-state index is 9.10. The molecular weight excluding hydrogens is 214 g/mol. The third-order valence-electron chi connectivity index (χ3n) is 2.37. The number of carboxylic acid groups (broad SMARTS) is 2. The molecule has 0 spiro atoms. The molecule has 2 N–H and O–H groups in total. The second-order valence-electron chi connectivity index (χ2n) is 3.86. The summed E-state index contributed by atoms with van der Waals surface area (Å²) in [6, 6.07) is 0. The van der Waals surface area contributed by atoms with E-state index in [0.29, 0.717) is 0 Å². The maximum Gasteiger partial charge on any atom is 0.414 e. The minimum atomic E-state index is -1.82. The van der Waals surface area contributed by atoms with Gasteiger partial charge in [-0.3, -0.25) is 0 Å². The van der Waals surface area contributed by atoms with Crippen molar-refractivity contribution in [2.24, 2.45) is 17.0 Å².